The normalized spacial score (nSPS) is 16.6. The van der Waals surface area contributed by atoms with Crippen molar-refractivity contribution in [2.24, 2.45) is 5.10 Å². The molecule has 1 amide bonds. The van der Waals surface area contributed by atoms with Crippen molar-refractivity contribution < 1.29 is 4.79 Å². The Morgan fingerprint density at radius 2 is 2.00 bits per heavy atom. The minimum Gasteiger partial charge on any atom is -0.272 e. The third kappa shape index (κ3) is 3.39. The Labute approximate surface area is 177 Å². The first kappa shape index (κ1) is 18.0. The molecule has 1 aliphatic rings. The predicted octanol–water partition coefficient (Wildman–Crippen LogP) is 5.28. The second kappa shape index (κ2) is 7.75. The molecule has 0 radical (unpaired) electrons. The van der Waals surface area contributed by atoms with Gasteiger partial charge in [0.1, 0.15) is 11.4 Å². The van der Waals surface area contributed by atoms with Gasteiger partial charge in [-0.1, -0.05) is 23.9 Å². The SMILES string of the molecule is O=C(CSc1ncnc2ccsc12)N1N=C(c2cccs2)C[C@@H]1c1cccs1. The van der Waals surface area contributed by atoms with Crippen molar-refractivity contribution in [1.29, 1.82) is 0 Å². The molecule has 0 saturated carbocycles. The quantitative estimate of drug-likeness (QED) is 0.311. The molecule has 0 N–H and O–H groups in total. The van der Waals surface area contributed by atoms with Crippen LogP contribution >= 0.6 is 45.8 Å². The number of carbonyl (C=O) groups is 1. The average molecular weight is 443 g/mol. The van der Waals surface area contributed by atoms with E-state index in [9.17, 15) is 4.79 Å². The van der Waals surface area contributed by atoms with Crippen LogP contribution in [-0.2, 0) is 4.79 Å². The molecule has 0 bridgehead atoms. The van der Waals surface area contributed by atoms with Crippen molar-refractivity contribution in [2.45, 2.75) is 17.5 Å². The summed E-state index contributed by atoms with van der Waals surface area (Å²) in [7, 11) is 0. The number of nitrogens with zero attached hydrogens (tertiary/aromatic N) is 4. The molecule has 4 aromatic rings. The van der Waals surface area contributed by atoms with Gasteiger partial charge in [0.2, 0.25) is 0 Å². The van der Waals surface area contributed by atoms with Crippen molar-refractivity contribution in [2.75, 3.05) is 5.75 Å². The first-order valence-corrected chi connectivity index (χ1v) is 12.2. The second-order valence-electron chi connectivity index (χ2n) is 6.10. The fourth-order valence-corrected chi connectivity index (χ4v) is 6.43. The molecule has 0 saturated heterocycles. The first-order valence-electron chi connectivity index (χ1n) is 8.57. The van der Waals surface area contributed by atoms with E-state index in [4.69, 9.17) is 5.10 Å². The van der Waals surface area contributed by atoms with E-state index in [2.05, 4.69) is 22.1 Å². The number of rotatable bonds is 5. The maximum Gasteiger partial charge on any atom is 0.253 e. The molecule has 5 nitrogen and oxygen atoms in total. The summed E-state index contributed by atoms with van der Waals surface area (Å²) in [4.78, 5) is 24.0. The van der Waals surface area contributed by atoms with Crippen LogP contribution in [0.3, 0.4) is 0 Å². The Balaban J connectivity index is 1.38. The molecule has 5 rings (SSSR count). The van der Waals surface area contributed by atoms with Crippen molar-refractivity contribution >= 4 is 67.6 Å². The number of amides is 1. The van der Waals surface area contributed by atoms with Gasteiger partial charge in [-0.05, 0) is 34.3 Å². The fourth-order valence-electron chi connectivity index (χ4n) is 3.10. The lowest BCUT2D eigenvalue weighted by atomic mass is 10.1. The van der Waals surface area contributed by atoms with Gasteiger partial charge < -0.3 is 0 Å². The molecule has 28 heavy (non-hydrogen) atoms. The number of aromatic nitrogens is 2. The van der Waals surface area contributed by atoms with Crippen LogP contribution in [0.15, 0.2) is 62.9 Å². The molecule has 0 aromatic carbocycles. The maximum atomic E-state index is 13.1. The number of hydrogen-bond donors (Lipinski definition) is 0. The zero-order valence-electron chi connectivity index (χ0n) is 14.5. The minimum atomic E-state index is -0.0302. The molecule has 0 unspecified atom stereocenters. The molecule has 140 valence electrons. The molecular weight excluding hydrogens is 429 g/mol. The smallest absolute Gasteiger partial charge is 0.253 e. The summed E-state index contributed by atoms with van der Waals surface area (Å²) in [6.07, 6.45) is 2.30. The van der Waals surface area contributed by atoms with Gasteiger partial charge in [0.15, 0.2) is 0 Å². The van der Waals surface area contributed by atoms with Crippen LogP contribution in [0.1, 0.15) is 22.2 Å². The highest BCUT2D eigenvalue weighted by molar-refractivity contribution is 8.00. The lowest BCUT2D eigenvalue weighted by molar-refractivity contribution is -0.130. The van der Waals surface area contributed by atoms with E-state index in [1.165, 1.54) is 11.8 Å². The molecule has 9 heteroatoms. The van der Waals surface area contributed by atoms with E-state index in [1.807, 2.05) is 34.3 Å². The Morgan fingerprint density at radius 1 is 1.11 bits per heavy atom. The molecule has 5 heterocycles. The monoisotopic (exact) mass is 442 g/mol. The topological polar surface area (TPSA) is 58.5 Å². The van der Waals surface area contributed by atoms with Gasteiger partial charge >= 0.3 is 0 Å². The van der Waals surface area contributed by atoms with Crippen LogP contribution in [0.4, 0.5) is 0 Å². The van der Waals surface area contributed by atoms with Crippen LogP contribution in [0.25, 0.3) is 10.2 Å². The van der Waals surface area contributed by atoms with E-state index in [-0.39, 0.29) is 11.9 Å². The lowest BCUT2D eigenvalue weighted by Crippen LogP contribution is -2.28. The van der Waals surface area contributed by atoms with Gasteiger partial charge in [-0.15, -0.1) is 34.0 Å². The summed E-state index contributed by atoms with van der Waals surface area (Å²) in [6, 6.07) is 10.1. The second-order valence-corrected chi connectivity index (χ2v) is 9.91. The number of thiophene rings is 3. The number of fused-ring (bicyclic) bond motifs is 1. The molecule has 0 spiro atoms. The van der Waals surface area contributed by atoms with Gasteiger partial charge in [0.25, 0.3) is 5.91 Å². The number of hydrogen-bond acceptors (Lipinski definition) is 8. The lowest BCUT2D eigenvalue weighted by Gasteiger charge is -2.20. The molecule has 1 aliphatic heterocycles. The minimum absolute atomic E-state index is 0.00160. The Morgan fingerprint density at radius 3 is 2.82 bits per heavy atom. The third-order valence-electron chi connectivity index (χ3n) is 4.39. The molecular formula is C19H14N4OS4. The highest BCUT2D eigenvalue weighted by atomic mass is 32.2. The number of carbonyl (C=O) groups excluding carboxylic acids is 1. The van der Waals surface area contributed by atoms with E-state index in [0.29, 0.717) is 5.75 Å². The van der Waals surface area contributed by atoms with Crippen molar-refractivity contribution in [1.82, 2.24) is 15.0 Å². The van der Waals surface area contributed by atoms with E-state index < -0.39 is 0 Å². The fraction of sp³-hybridized carbons (Fsp3) is 0.158. The highest BCUT2D eigenvalue weighted by Gasteiger charge is 2.34. The zero-order valence-corrected chi connectivity index (χ0v) is 17.8. The van der Waals surface area contributed by atoms with E-state index >= 15 is 0 Å². The summed E-state index contributed by atoms with van der Waals surface area (Å²) >= 11 is 6.38. The maximum absolute atomic E-state index is 13.1. The summed E-state index contributed by atoms with van der Waals surface area (Å²) in [5.41, 5.74) is 1.90. The standard InChI is InChI=1S/C19H14N4OS4/c24-17(10-28-19-18-12(5-8-27-18)20-11-21-19)23-14(16-4-2-7-26-16)9-13(22-23)15-3-1-6-25-15/h1-8,11,14H,9-10H2/t14-/m1/s1. The van der Waals surface area contributed by atoms with Gasteiger partial charge in [-0.25, -0.2) is 15.0 Å². The van der Waals surface area contributed by atoms with E-state index in [0.717, 1.165) is 37.1 Å². The summed E-state index contributed by atoms with van der Waals surface area (Å²) in [5, 5.41) is 13.3. The van der Waals surface area contributed by atoms with Gasteiger partial charge in [0.05, 0.1) is 32.6 Å². The molecule has 0 aliphatic carbocycles. The molecule has 1 atom stereocenters. The van der Waals surface area contributed by atoms with Crippen molar-refractivity contribution in [3.63, 3.8) is 0 Å². The first-order chi connectivity index (χ1) is 13.8. The van der Waals surface area contributed by atoms with Crippen LogP contribution in [0.5, 0.6) is 0 Å². The van der Waals surface area contributed by atoms with Gasteiger partial charge in [-0.2, -0.15) is 5.10 Å². The number of hydrazone groups is 1. The Bertz CT molecular complexity index is 1130. The Hall–Kier alpha value is -2.07. The van der Waals surface area contributed by atoms with Crippen molar-refractivity contribution in [3.05, 3.63) is 62.6 Å². The third-order valence-corrected chi connectivity index (χ3v) is 8.29. The summed E-state index contributed by atoms with van der Waals surface area (Å²) < 4.78 is 1.03. The van der Waals surface area contributed by atoms with E-state index in [1.54, 1.807) is 45.3 Å². The predicted molar refractivity (Wildman–Crippen MR) is 118 cm³/mol. The average Bonchev–Trinajstić information content (AvgIpc) is 3.49. The summed E-state index contributed by atoms with van der Waals surface area (Å²) in [5.74, 6) is 0.297. The molecule has 0 fully saturated rings. The van der Waals surface area contributed by atoms with Crippen LogP contribution in [-0.4, -0.2) is 32.3 Å². The van der Waals surface area contributed by atoms with Crippen LogP contribution in [0.2, 0.25) is 0 Å². The molecule has 4 aromatic heterocycles. The summed E-state index contributed by atoms with van der Waals surface area (Å²) in [6.45, 7) is 0. The van der Waals surface area contributed by atoms with Crippen LogP contribution in [0, 0.1) is 0 Å². The Kier molecular flexibility index (Phi) is 4.98. The van der Waals surface area contributed by atoms with Crippen molar-refractivity contribution in [3.8, 4) is 0 Å². The zero-order chi connectivity index (χ0) is 18.9. The van der Waals surface area contributed by atoms with Crippen LogP contribution < -0.4 is 0 Å². The number of thioether (sulfide) groups is 1. The van der Waals surface area contributed by atoms with Gasteiger partial charge in [0, 0.05) is 11.3 Å². The highest BCUT2D eigenvalue weighted by Crippen LogP contribution is 2.37. The van der Waals surface area contributed by atoms with Gasteiger partial charge in [-0.3, -0.25) is 4.79 Å². The largest absolute Gasteiger partial charge is 0.272 e.